The summed E-state index contributed by atoms with van der Waals surface area (Å²) >= 11 is 0. The predicted octanol–water partition coefficient (Wildman–Crippen LogP) is 1.45. The molecule has 3 heteroatoms. The Morgan fingerprint density at radius 3 is 2.62 bits per heavy atom. The van der Waals surface area contributed by atoms with Crippen molar-refractivity contribution in [2.45, 2.75) is 13.5 Å². The summed E-state index contributed by atoms with van der Waals surface area (Å²) in [6, 6.07) is 6.24. The Morgan fingerprint density at radius 1 is 1.38 bits per heavy atom. The van der Waals surface area contributed by atoms with Gasteiger partial charge < -0.3 is 4.90 Å². The lowest BCUT2D eigenvalue weighted by atomic mass is 10.1. The van der Waals surface area contributed by atoms with Crippen LogP contribution in [0.3, 0.4) is 0 Å². The summed E-state index contributed by atoms with van der Waals surface area (Å²) in [5.41, 5.74) is 3.49. The lowest BCUT2D eigenvalue weighted by Crippen LogP contribution is -2.12. The van der Waals surface area contributed by atoms with Crippen LogP contribution in [0.15, 0.2) is 18.2 Å². The Morgan fingerprint density at radius 2 is 2.08 bits per heavy atom. The van der Waals surface area contributed by atoms with E-state index in [0.717, 1.165) is 11.3 Å². The minimum atomic E-state index is 0.454. The van der Waals surface area contributed by atoms with Crippen LogP contribution in [0.1, 0.15) is 11.1 Å². The number of benzene rings is 1. The van der Waals surface area contributed by atoms with Gasteiger partial charge in [-0.25, -0.2) is 5.90 Å². The molecule has 0 amide bonds. The van der Waals surface area contributed by atoms with E-state index in [9.17, 15) is 0 Å². The minimum absolute atomic E-state index is 0.454. The normalized spacial score (nSPS) is 10.2. The van der Waals surface area contributed by atoms with Crippen LogP contribution in [-0.2, 0) is 11.4 Å². The molecular formula is C10H16N2O. The first-order valence-electron chi connectivity index (χ1n) is 4.23. The lowest BCUT2D eigenvalue weighted by Gasteiger charge is -2.17. The van der Waals surface area contributed by atoms with Gasteiger partial charge in [0.1, 0.15) is 0 Å². The van der Waals surface area contributed by atoms with Gasteiger partial charge >= 0.3 is 0 Å². The van der Waals surface area contributed by atoms with Crippen LogP contribution in [0.5, 0.6) is 0 Å². The maximum absolute atomic E-state index is 5.06. The Bertz CT molecular complexity index is 284. The van der Waals surface area contributed by atoms with Crippen molar-refractivity contribution in [3.63, 3.8) is 0 Å². The number of nitrogens with two attached hydrogens (primary N) is 1. The highest BCUT2D eigenvalue weighted by atomic mass is 16.6. The van der Waals surface area contributed by atoms with Crippen molar-refractivity contribution in [3.05, 3.63) is 29.3 Å². The van der Waals surface area contributed by atoms with Crippen LogP contribution in [0, 0.1) is 6.92 Å². The fraction of sp³-hybridized carbons (Fsp3) is 0.400. The SMILES string of the molecule is Cc1ccc(N(C)C)c(CON)c1. The molecule has 1 aromatic carbocycles. The second-order valence-electron chi connectivity index (χ2n) is 3.34. The summed E-state index contributed by atoms with van der Waals surface area (Å²) < 4.78 is 0. The van der Waals surface area contributed by atoms with Gasteiger partial charge in [-0.3, -0.25) is 4.84 Å². The first-order chi connectivity index (χ1) is 6.15. The molecule has 0 atom stereocenters. The first kappa shape index (κ1) is 10.0. The van der Waals surface area contributed by atoms with E-state index in [-0.39, 0.29) is 0 Å². The van der Waals surface area contributed by atoms with Crippen LogP contribution in [0.4, 0.5) is 5.69 Å². The van der Waals surface area contributed by atoms with Gasteiger partial charge in [0.25, 0.3) is 0 Å². The molecule has 1 aromatic rings. The van der Waals surface area contributed by atoms with Crippen molar-refractivity contribution in [2.24, 2.45) is 5.90 Å². The number of nitrogens with zero attached hydrogens (tertiary/aromatic N) is 1. The summed E-state index contributed by atoms with van der Waals surface area (Å²) in [4.78, 5) is 6.70. The van der Waals surface area contributed by atoms with Crippen molar-refractivity contribution < 1.29 is 4.84 Å². The van der Waals surface area contributed by atoms with E-state index in [1.54, 1.807) is 0 Å². The molecule has 0 aliphatic heterocycles. The van der Waals surface area contributed by atoms with Gasteiger partial charge in [0.05, 0.1) is 6.61 Å². The summed E-state index contributed by atoms with van der Waals surface area (Å²) in [7, 11) is 4.01. The molecule has 0 unspecified atom stereocenters. The molecule has 0 bridgehead atoms. The molecule has 1 rings (SSSR count). The standard InChI is InChI=1S/C10H16N2O/c1-8-4-5-10(12(2)3)9(6-8)7-13-11/h4-6H,7,11H2,1-3H3. The highest BCUT2D eigenvalue weighted by Crippen LogP contribution is 2.20. The average Bonchev–Trinajstić information content (AvgIpc) is 2.04. The predicted molar refractivity (Wildman–Crippen MR) is 54.5 cm³/mol. The fourth-order valence-electron chi connectivity index (χ4n) is 1.36. The molecule has 2 N–H and O–H groups in total. The van der Waals surface area contributed by atoms with Gasteiger partial charge in [-0.1, -0.05) is 17.7 Å². The number of hydrogen-bond donors (Lipinski definition) is 1. The van der Waals surface area contributed by atoms with Gasteiger partial charge in [0.2, 0.25) is 0 Å². The third-order valence-corrected chi connectivity index (χ3v) is 1.96. The van der Waals surface area contributed by atoms with E-state index >= 15 is 0 Å². The first-order valence-corrected chi connectivity index (χ1v) is 4.23. The molecule has 72 valence electrons. The topological polar surface area (TPSA) is 38.5 Å². The molecule has 0 aliphatic rings. The van der Waals surface area contributed by atoms with Gasteiger partial charge in [0.15, 0.2) is 0 Å². The van der Waals surface area contributed by atoms with Crippen LogP contribution in [0.25, 0.3) is 0 Å². The van der Waals surface area contributed by atoms with Crippen LogP contribution in [0.2, 0.25) is 0 Å². The lowest BCUT2D eigenvalue weighted by molar-refractivity contribution is 0.124. The molecule has 0 saturated carbocycles. The van der Waals surface area contributed by atoms with Gasteiger partial charge in [0, 0.05) is 25.3 Å². The van der Waals surface area contributed by atoms with E-state index in [1.165, 1.54) is 5.56 Å². The van der Waals surface area contributed by atoms with Crippen LogP contribution >= 0.6 is 0 Å². The van der Waals surface area contributed by atoms with Gasteiger partial charge in [-0.15, -0.1) is 0 Å². The number of rotatable bonds is 3. The molecule has 0 aromatic heterocycles. The Hall–Kier alpha value is -1.06. The Balaban J connectivity index is 3.03. The average molecular weight is 180 g/mol. The summed E-state index contributed by atoms with van der Waals surface area (Å²) in [6.45, 7) is 2.51. The maximum atomic E-state index is 5.06. The van der Waals surface area contributed by atoms with Crippen molar-refractivity contribution in [1.29, 1.82) is 0 Å². The number of anilines is 1. The van der Waals surface area contributed by atoms with E-state index in [4.69, 9.17) is 5.90 Å². The van der Waals surface area contributed by atoms with Crippen molar-refractivity contribution >= 4 is 5.69 Å². The van der Waals surface area contributed by atoms with E-state index in [0.29, 0.717) is 6.61 Å². The zero-order chi connectivity index (χ0) is 9.84. The zero-order valence-corrected chi connectivity index (χ0v) is 8.37. The van der Waals surface area contributed by atoms with Crippen molar-refractivity contribution in [2.75, 3.05) is 19.0 Å². The second kappa shape index (κ2) is 4.25. The zero-order valence-electron chi connectivity index (χ0n) is 8.37. The highest BCUT2D eigenvalue weighted by molar-refractivity contribution is 5.53. The van der Waals surface area contributed by atoms with E-state index in [2.05, 4.69) is 30.0 Å². The van der Waals surface area contributed by atoms with Crippen molar-refractivity contribution in [3.8, 4) is 0 Å². The minimum Gasteiger partial charge on any atom is -0.377 e. The molecule has 13 heavy (non-hydrogen) atoms. The van der Waals surface area contributed by atoms with E-state index in [1.807, 2.05) is 19.0 Å². The molecule has 0 spiro atoms. The molecule has 0 aliphatic carbocycles. The highest BCUT2D eigenvalue weighted by Gasteiger charge is 2.03. The number of hydrogen-bond acceptors (Lipinski definition) is 3. The van der Waals surface area contributed by atoms with Crippen LogP contribution in [-0.4, -0.2) is 14.1 Å². The van der Waals surface area contributed by atoms with Gasteiger partial charge in [-0.2, -0.15) is 0 Å². The molecule has 0 saturated heterocycles. The maximum Gasteiger partial charge on any atom is 0.0950 e. The quantitative estimate of drug-likeness (QED) is 0.715. The molecule has 0 fully saturated rings. The summed E-state index contributed by atoms with van der Waals surface area (Å²) in [6.07, 6.45) is 0. The molecular weight excluding hydrogens is 164 g/mol. The third-order valence-electron chi connectivity index (χ3n) is 1.96. The van der Waals surface area contributed by atoms with Crippen molar-refractivity contribution in [1.82, 2.24) is 0 Å². The second-order valence-corrected chi connectivity index (χ2v) is 3.34. The Labute approximate surface area is 79.1 Å². The monoisotopic (exact) mass is 180 g/mol. The Kier molecular flexibility index (Phi) is 3.28. The molecule has 3 nitrogen and oxygen atoms in total. The third kappa shape index (κ3) is 2.44. The molecule has 0 radical (unpaired) electrons. The summed E-state index contributed by atoms with van der Waals surface area (Å²) in [5.74, 6) is 5.06. The van der Waals surface area contributed by atoms with Crippen LogP contribution < -0.4 is 10.8 Å². The summed E-state index contributed by atoms with van der Waals surface area (Å²) in [5, 5.41) is 0. The molecule has 0 heterocycles. The number of aryl methyl sites for hydroxylation is 1. The largest absolute Gasteiger partial charge is 0.377 e. The van der Waals surface area contributed by atoms with Gasteiger partial charge in [-0.05, 0) is 13.0 Å². The van der Waals surface area contributed by atoms with E-state index < -0.39 is 0 Å². The fourth-order valence-corrected chi connectivity index (χ4v) is 1.36. The smallest absolute Gasteiger partial charge is 0.0950 e.